The molecule has 1 atom stereocenters. The van der Waals surface area contributed by atoms with Gasteiger partial charge in [0.2, 0.25) is 0 Å². The zero-order valence-electron chi connectivity index (χ0n) is 9.01. The first-order valence-corrected chi connectivity index (χ1v) is 5.86. The summed E-state index contributed by atoms with van der Waals surface area (Å²) in [5.74, 6) is -2.67. The summed E-state index contributed by atoms with van der Waals surface area (Å²) in [5.41, 5.74) is -0.156. The van der Waals surface area contributed by atoms with Crippen molar-refractivity contribution >= 4 is 11.3 Å². The number of nitrogens with one attached hydrogen (secondary N) is 1. The van der Waals surface area contributed by atoms with Gasteiger partial charge in [0.15, 0.2) is 0 Å². The molecule has 1 N–H and O–H groups in total. The highest BCUT2D eigenvalue weighted by molar-refractivity contribution is 7.10. The predicted molar refractivity (Wildman–Crippen MR) is 61.5 cm³/mol. The van der Waals surface area contributed by atoms with Gasteiger partial charge in [-0.2, -0.15) is 0 Å². The third kappa shape index (κ3) is 2.35. The lowest BCUT2D eigenvalue weighted by atomic mass is 10.0. The minimum absolute atomic E-state index is 0.156. The van der Waals surface area contributed by atoms with E-state index in [0.717, 1.165) is 4.88 Å². The van der Waals surface area contributed by atoms with E-state index in [1.54, 1.807) is 19.2 Å². The summed E-state index contributed by atoms with van der Waals surface area (Å²) in [5, 5.41) is 4.65. The fourth-order valence-electron chi connectivity index (χ4n) is 1.71. The van der Waals surface area contributed by atoms with Crippen LogP contribution in [0.25, 0.3) is 0 Å². The van der Waals surface area contributed by atoms with Crippen LogP contribution in [0.5, 0.6) is 0 Å². The van der Waals surface area contributed by atoms with Gasteiger partial charge in [0.25, 0.3) is 0 Å². The largest absolute Gasteiger partial charge is 0.308 e. The Morgan fingerprint density at radius 1 is 1.18 bits per heavy atom. The first-order valence-electron chi connectivity index (χ1n) is 4.98. The molecule has 0 radical (unpaired) electrons. The lowest BCUT2D eigenvalue weighted by Gasteiger charge is -2.16. The van der Waals surface area contributed by atoms with Crippen LogP contribution in [-0.2, 0) is 0 Å². The van der Waals surface area contributed by atoms with Gasteiger partial charge in [0.1, 0.15) is 17.5 Å². The predicted octanol–water partition coefficient (Wildman–Crippen LogP) is 3.47. The third-order valence-corrected chi connectivity index (χ3v) is 3.39. The Morgan fingerprint density at radius 3 is 2.29 bits per heavy atom. The molecule has 0 aliphatic rings. The Morgan fingerprint density at radius 2 is 1.82 bits per heavy atom. The van der Waals surface area contributed by atoms with Crippen LogP contribution in [0.4, 0.5) is 13.2 Å². The molecule has 2 aromatic rings. The Labute approximate surface area is 101 Å². The van der Waals surface area contributed by atoms with Crippen LogP contribution in [0.15, 0.2) is 29.6 Å². The molecule has 2 rings (SSSR count). The normalized spacial score (nSPS) is 12.7. The average molecular weight is 257 g/mol. The van der Waals surface area contributed by atoms with Crippen molar-refractivity contribution in [1.82, 2.24) is 5.32 Å². The summed E-state index contributed by atoms with van der Waals surface area (Å²) in [7, 11) is 1.60. The third-order valence-electron chi connectivity index (χ3n) is 2.45. The Hall–Kier alpha value is -1.33. The van der Waals surface area contributed by atoms with E-state index >= 15 is 0 Å². The van der Waals surface area contributed by atoms with E-state index in [1.807, 2.05) is 5.38 Å². The Balaban J connectivity index is 2.52. The van der Waals surface area contributed by atoms with E-state index < -0.39 is 23.5 Å². The smallest absolute Gasteiger partial charge is 0.134 e. The van der Waals surface area contributed by atoms with Crippen molar-refractivity contribution in [3.8, 4) is 0 Å². The second-order valence-corrected chi connectivity index (χ2v) is 4.50. The maximum Gasteiger partial charge on any atom is 0.134 e. The molecular formula is C12H10F3NS. The topological polar surface area (TPSA) is 12.0 Å². The first-order chi connectivity index (χ1) is 8.13. The zero-order valence-corrected chi connectivity index (χ0v) is 9.82. The summed E-state index contributed by atoms with van der Waals surface area (Å²) in [6.45, 7) is 0. The summed E-state index contributed by atoms with van der Waals surface area (Å²) in [6.07, 6.45) is 0. The minimum atomic E-state index is -0.912. The molecule has 1 unspecified atom stereocenters. The number of rotatable bonds is 3. The molecule has 0 aliphatic heterocycles. The number of hydrogen-bond acceptors (Lipinski definition) is 2. The minimum Gasteiger partial charge on any atom is -0.308 e. The van der Waals surface area contributed by atoms with Gasteiger partial charge in [0.05, 0.1) is 6.04 Å². The SMILES string of the molecule is CNC(c1cccs1)c1c(F)cc(F)cc1F. The molecule has 0 aliphatic carbocycles. The first kappa shape index (κ1) is 12.1. The number of halogens is 3. The van der Waals surface area contributed by atoms with E-state index in [0.29, 0.717) is 12.1 Å². The van der Waals surface area contributed by atoms with Crippen molar-refractivity contribution in [2.45, 2.75) is 6.04 Å². The second kappa shape index (κ2) is 4.89. The van der Waals surface area contributed by atoms with E-state index in [1.165, 1.54) is 11.3 Å². The van der Waals surface area contributed by atoms with Crippen LogP contribution >= 0.6 is 11.3 Å². The molecule has 1 heterocycles. The quantitative estimate of drug-likeness (QED) is 0.887. The number of hydrogen-bond donors (Lipinski definition) is 1. The molecule has 0 spiro atoms. The molecule has 0 bridgehead atoms. The van der Waals surface area contributed by atoms with Gasteiger partial charge >= 0.3 is 0 Å². The fourth-order valence-corrected chi connectivity index (χ4v) is 2.56. The van der Waals surface area contributed by atoms with Crippen LogP contribution in [0.1, 0.15) is 16.5 Å². The molecule has 90 valence electrons. The van der Waals surface area contributed by atoms with E-state index in [2.05, 4.69) is 5.32 Å². The van der Waals surface area contributed by atoms with Gasteiger partial charge in [-0.05, 0) is 18.5 Å². The van der Waals surface area contributed by atoms with E-state index in [-0.39, 0.29) is 5.56 Å². The lowest BCUT2D eigenvalue weighted by molar-refractivity contribution is 0.502. The molecule has 1 aromatic heterocycles. The Kier molecular flexibility index (Phi) is 3.49. The van der Waals surface area contributed by atoms with E-state index in [4.69, 9.17) is 0 Å². The second-order valence-electron chi connectivity index (χ2n) is 3.52. The standard InChI is InChI=1S/C12H10F3NS/c1-16-12(10-3-2-4-17-10)11-8(14)5-7(13)6-9(11)15/h2-6,12,16H,1H3. The van der Waals surface area contributed by atoms with Gasteiger partial charge in [-0.1, -0.05) is 6.07 Å². The molecule has 1 nitrogen and oxygen atoms in total. The lowest BCUT2D eigenvalue weighted by Crippen LogP contribution is -2.19. The summed E-state index contributed by atoms with van der Waals surface area (Å²) in [6, 6.07) is 4.35. The van der Waals surface area contributed by atoms with Crippen LogP contribution < -0.4 is 5.32 Å². The van der Waals surface area contributed by atoms with Crippen molar-refractivity contribution in [2.24, 2.45) is 0 Å². The molecular weight excluding hydrogens is 247 g/mol. The number of benzene rings is 1. The van der Waals surface area contributed by atoms with Crippen molar-refractivity contribution in [1.29, 1.82) is 0 Å². The van der Waals surface area contributed by atoms with Gasteiger partial charge in [-0.3, -0.25) is 0 Å². The average Bonchev–Trinajstić information content (AvgIpc) is 2.76. The van der Waals surface area contributed by atoms with Crippen LogP contribution in [-0.4, -0.2) is 7.05 Å². The highest BCUT2D eigenvalue weighted by atomic mass is 32.1. The maximum absolute atomic E-state index is 13.6. The molecule has 17 heavy (non-hydrogen) atoms. The highest BCUT2D eigenvalue weighted by Gasteiger charge is 2.22. The molecule has 0 saturated carbocycles. The van der Waals surface area contributed by atoms with Crippen molar-refractivity contribution in [3.05, 3.63) is 57.5 Å². The molecule has 0 fully saturated rings. The van der Waals surface area contributed by atoms with E-state index in [9.17, 15) is 13.2 Å². The molecule has 0 saturated heterocycles. The van der Waals surface area contributed by atoms with Gasteiger partial charge in [-0.25, -0.2) is 13.2 Å². The summed E-state index contributed by atoms with van der Waals surface area (Å²) in [4.78, 5) is 0.775. The van der Waals surface area contributed by atoms with Gasteiger partial charge < -0.3 is 5.32 Å². The van der Waals surface area contributed by atoms with Gasteiger partial charge in [-0.15, -0.1) is 11.3 Å². The van der Waals surface area contributed by atoms with Crippen LogP contribution in [0.3, 0.4) is 0 Å². The highest BCUT2D eigenvalue weighted by Crippen LogP contribution is 2.29. The van der Waals surface area contributed by atoms with Crippen molar-refractivity contribution in [2.75, 3.05) is 7.05 Å². The van der Waals surface area contributed by atoms with Crippen LogP contribution in [0, 0.1) is 17.5 Å². The van der Waals surface area contributed by atoms with Gasteiger partial charge in [0, 0.05) is 22.6 Å². The molecule has 1 aromatic carbocycles. The number of thiophene rings is 1. The Bertz CT molecular complexity index is 487. The summed E-state index contributed by atoms with van der Waals surface area (Å²) < 4.78 is 40.1. The molecule has 5 heteroatoms. The van der Waals surface area contributed by atoms with Crippen LogP contribution in [0.2, 0.25) is 0 Å². The molecule has 0 amide bonds. The summed E-state index contributed by atoms with van der Waals surface area (Å²) >= 11 is 1.38. The maximum atomic E-state index is 13.6. The van der Waals surface area contributed by atoms with Crippen molar-refractivity contribution < 1.29 is 13.2 Å². The fraction of sp³-hybridized carbons (Fsp3) is 0.167. The monoisotopic (exact) mass is 257 g/mol. The van der Waals surface area contributed by atoms with Crippen molar-refractivity contribution in [3.63, 3.8) is 0 Å². The zero-order chi connectivity index (χ0) is 12.4.